The van der Waals surface area contributed by atoms with Crippen LogP contribution >= 0.6 is 0 Å². The molecule has 35 heavy (non-hydrogen) atoms. The summed E-state index contributed by atoms with van der Waals surface area (Å²) in [6.07, 6.45) is 1.81. The molecule has 0 saturated carbocycles. The lowest BCUT2D eigenvalue weighted by atomic mass is 9.94. The van der Waals surface area contributed by atoms with Crippen LogP contribution in [0.15, 0.2) is 48.5 Å². The van der Waals surface area contributed by atoms with Gasteiger partial charge in [0.15, 0.2) is 0 Å². The molecule has 2 aromatic carbocycles. The fourth-order valence-electron chi connectivity index (χ4n) is 4.20. The zero-order chi connectivity index (χ0) is 24.4. The average molecular weight is 471 g/mol. The van der Waals surface area contributed by atoms with E-state index in [1.165, 1.54) is 18.2 Å². The van der Waals surface area contributed by atoms with Gasteiger partial charge in [0.1, 0.15) is 25.2 Å². The van der Waals surface area contributed by atoms with Crippen molar-refractivity contribution in [3.8, 4) is 0 Å². The first-order chi connectivity index (χ1) is 17.0. The highest BCUT2D eigenvalue weighted by molar-refractivity contribution is 6.40. The maximum atomic E-state index is 13.8. The zero-order valence-corrected chi connectivity index (χ0v) is 18.8. The molecule has 1 aliphatic rings. The first-order valence-corrected chi connectivity index (χ1v) is 11.4. The van der Waals surface area contributed by atoms with E-state index in [1.807, 2.05) is 24.3 Å². The van der Waals surface area contributed by atoms with E-state index in [2.05, 4.69) is 35.7 Å². The van der Waals surface area contributed by atoms with Gasteiger partial charge in [0.05, 0.1) is 16.6 Å². The summed E-state index contributed by atoms with van der Waals surface area (Å²) in [7, 11) is 6.01. The Kier molecular flexibility index (Phi) is 6.22. The first kappa shape index (κ1) is 22.6. The van der Waals surface area contributed by atoms with Crippen LogP contribution in [0.5, 0.6) is 0 Å². The number of fused-ring (bicyclic) bond motifs is 1. The molecule has 2 aromatic heterocycles. The van der Waals surface area contributed by atoms with E-state index < -0.39 is 17.6 Å². The molecular weight excluding hydrogens is 448 g/mol. The molecule has 2 radical (unpaired) electrons. The predicted molar refractivity (Wildman–Crippen MR) is 132 cm³/mol. The van der Waals surface area contributed by atoms with Gasteiger partial charge in [-0.15, -0.1) is 0 Å². The second-order valence-corrected chi connectivity index (χ2v) is 8.51. The molecule has 1 saturated heterocycles. The van der Waals surface area contributed by atoms with Crippen LogP contribution in [0.25, 0.3) is 11.0 Å². The highest BCUT2D eigenvalue weighted by Crippen LogP contribution is 2.23. The van der Waals surface area contributed by atoms with E-state index in [1.54, 1.807) is 6.07 Å². The van der Waals surface area contributed by atoms with Gasteiger partial charge in [-0.05, 0) is 48.5 Å². The Morgan fingerprint density at radius 1 is 1.09 bits per heavy atom. The number of aromatic nitrogens is 4. The number of nitrogens with one attached hydrogen (secondary N) is 4. The number of imidazole rings is 1. The Balaban J connectivity index is 1.14. The van der Waals surface area contributed by atoms with Gasteiger partial charge in [0.25, 0.3) is 11.8 Å². The quantitative estimate of drug-likeness (QED) is 0.322. The lowest BCUT2D eigenvalue weighted by molar-refractivity contribution is 0.0940. The van der Waals surface area contributed by atoms with E-state index in [0.717, 1.165) is 42.9 Å². The number of hydrogen-bond donors (Lipinski definition) is 4. The lowest BCUT2D eigenvalue weighted by Gasteiger charge is -2.31. The molecule has 0 aliphatic carbocycles. The van der Waals surface area contributed by atoms with Gasteiger partial charge in [0, 0.05) is 19.6 Å². The number of H-pyrrole nitrogens is 2. The van der Waals surface area contributed by atoms with E-state index >= 15 is 0 Å². The number of benzene rings is 2. The van der Waals surface area contributed by atoms with Crippen molar-refractivity contribution in [2.45, 2.75) is 12.8 Å². The molecule has 5 rings (SSSR count). The third-order valence-corrected chi connectivity index (χ3v) is 6.22. The van der Waals surface area contributed by atoms with Gasteiger partial charge in [-0.1, -0.05) is 24.3 Å². The number of anilines is 2. The van der Waals surface area contributed by atoms with Crippen LogP contribution in [0.1, 0.15) is 33.7 Å². The average Bonchev–Trinajstić information content (AvgIpc) is 3.47. The van der Waals surface area contributed by atoms with E-state index in [9.17, 15) is 14.0 Å². The summed E-state index contributed by atoms with van der Waals surface area (Å²) in [5.74, 6) is -0.635. The summed E-state index contributed by atoms with van der Waals surface area (Å²) in [6.45, 7) is 2.15. The van der Waals surface area contributed by atoms with Gasteiger partial charge < -0.3 is 20.5 Å². The number of carbonyl (C=O) groups is 2. The topological polar surface area (TPSA) is 119 Å². The third kappa shape index (κ3) is 4.75. The number of rotatable bonds is 6. The maximum absolute atomic E-state index is 13.8. The van der Waals surface area contributed by atoms with Crippen molar-refractivity contribution in [3.63, 3.8) is 0 Å². The van der Waals surface area contributed by atoms with Crippen LogP contribution in [-0.2, 0) is 0 Å². The minimum Gasteiger partial charge on any atom is -0.350 e. The second kappa shape index (κ2) is 9.61. The summed E-state index contributed by atoms with van der Waals surface area (Å²) in [6, 6.07) is 13.5. The molecule has 2 amide bonds. The second-order valence-electron chi connectivity index (χ2n) is 8.51. The van der Waals surface area contributed by atoms with E-state index in [-0.39, 0.29) is 22.5 Å². The fourth-order valence-corrected chi connectivity index (χ4v) is 4.20. The van der Waals surface area contributed by atoms with Gasteiger partial charge in [-0.2, -0.15) is 5.10 Å². The molecule has 9 nitrogen and oxygen atoms in total. The largest absolute Gasteiger partial charge is 0.350 e. The summed E-state index contributed by atoms with van der Waals surface area (Å²) < 4.78 is 13.8. The minimum absolute atomic E-state index is 0.00751. The highest BCUT2D eigenvalue weighted by Gasteiger charge is 2.23. The summed E-state index contributed by atoms with van der Waals surface area (Å²) in [5.41, 5.74) is 1.85. The van der Waals surface area contributed by atoms with Crippen molar-refractivity contribution in [3.05, 3.63) is 65.6 Å². The summed E-state index contributed by atoms with van der Waals surface area (Å²) >= 11 is 0. The van der Waals surface area contributed by atoms with Crippen molar-refractivity contribution in [2.75, 3.05) is 29.9 Å². The summed E-state index contributed by atoms with van der Waals surface area (Å²) in [5, 5.41) is 11.8. The highest BCUT2D eigenvalue weighted by atomic mass is 19.1. The number of amides is 2. The first-order valence-electron chi connectivity index (χ1n) is 11.4. The Labute approximate surface area is 201 Å². The SMILES string of the molecule is [B]c1c(NC(=O)c2ccccc2F)n[nH]c1C(=O)NCC1CCN(c2nc3ccccc3[nH]2)CC1. The van der Waals surface area contributed by atoms with Crippen molar-refractivity contribution >= 4 is 47.9 Å². The zero-order valence-electron chi connectivity index (χ0n) is 18.8. The number of aromatic amines is 2. The Morgan fingerprint density at radius 3 is 2.60 bits per heavy atom. The van der Waals surface area contributed by atoms with Crippen molar-refractivity contribution < 1.29 is 14.0 Å². The molecule has 11 heteroatoms. The van der Waals surface area contributed by atoms with Crippen molar-refractivity contribution in [1.82, 2.24) is 25.5 Å². The molecule has 0 unspecified atom stereocenters. The normalized spacial score (nSPS) is 14.3. The van der Waals surface area contributed by atoms with Crippen LogP contribution < -0.4 is 21.0 Å². The van der Waals surface area contributed by atoms with Crippen LogP contribution in [0, 0.1) is 11.7 Å². The molecule has 176 valence electrons. The number of hydrogen-bond acceptors (Lipinski definition) is 5. The molecule has 0 bridgehead atoms. The molecule has 0 spiro atoms. The third-order valence-electron chi connectivity index (χ3n) is 6.22. The number of piperidine rings is 1. The molecule has 3 heterocycles. The smallest absolute Gasteiger partial charge is 0.268 e. The molecule has 0 atom stereocenters. The Hall–Kier alpha value is -4.15. The maximum Gasteiger partial charge on any atom is 0.268 e. The number of nitrogens with zero attached hydrogens (tertiary/aromatic N) is 3. The number of para-hydroxylation sites is 2. The minimum atomic E-state index is -0.704. The van der Waals surface area contributed by atoms with Gasteiger partial charge in [-0.25, -0.2) is 9.37 Å². The van der Waals surface area contributed by atoms with E-state index in [0.29, 0.717) is 12.5 Å². The lowest BCUT2D eigenvalue weighted by Crippen LogP contribution is -2.39. The molecule has 1 fully saturated rings. The Morgan fingerprint density at radius 2 is 1.83 bits per heavy atom. The molecular formula is C24H23BFN7O2. The van der Waals surface area contributed by atoms with Crippen molar-refractivity contribution in [2.24, 2.45) is 5.92 Å². The number of carbonyl (C=O) groups excluding carboxylic acids is 2. The van der Waals surface area contributed by atoms with Crippen LogP contribution in [0.3, 0.4) is 0 Å². The van der Waals surface area contributed by atoms with Crippen LogP contribution in [0.4, 0.5) is 16.2 Å². The van der Waals surface area contributed by atoms with E-state index in [4.69, 9.17) is 7.85 Å². The Bertz CT molecular complexity index is 1340. The molecule has 1 aliphatic heterocycles. The van der Waals surface area contributed by atoms with Crippen LogP contribution in [0.2, 0.25) is 0 Å². The van der Waals surface area contributed by atoms with Gasteiger partial charge in [0.2, 0.25) is 5.95 Å². The fraction of sp³-hybridized carbons (Fsp3) is 0.250. The molecule has 4 aromatic rings. The predicted octanol–water partition coefficient (Wildman–Crippen LogP) is 2.12. The van der Waals surface area contributed by atoms with Crippen LogP contribution in [-0.4, -0.2) is 59.5 Å². The summed E-state index contributed by atoms with van der Waals surface area (Å²) in [4.78, 5) is 35.2. The standard InChI is InChI=1S/C24H23BFN7O2/c25-19-20(31-32-21(19)30-22(34)15-5-1-2-6-16(15)26)23(35)27-13-14-9-11-33(12-10-14)24-28-17-7-3-4-8-18(17)29-24/h1-8,14H,9-13H2,(H,27,35)(H,28,29)(H2,30,31,32,34). The van der Waals surface area contributed by atoms with Crippen molar-refractivity contribution in [1.29, 1.82) is 0 Å². The monoisotopic (exact) mass is 471 g/mol. The van der Waals surface area contributed by atoms with Gasteiger partial charge >= 0.3 is 0 Å². The van der Waals surface area contributed by atoms with Gasteiger partial charge in [-0.3, -0.25) is 14.7 Å². The molecule has 4 N–H and O–H groups in total. The number of halogens is 1.